The van der Waals surface area contributed by atoms with E-state index in [9.17, 15) is 23.5 Å². The van der Waals surface area contributed by atoms with Gasteiger partial charge in [0.05, 0.1) is 16.1 Å². The van der Waals surface area contributed by atoms with Crippen molar-refractivity contribution in [2.75, 3.05) is 6.54 Å². The normalized spacial score (nSPS) is 18.8. The molecule has 2 amide bonds. The van der Waals surface area contributed by atoms with Crippen LogP contribution in [0.2, 0.25) is 0 Å². The number of aryl methyl sites for hydroxylation is 2. The maximum Gasteiger partial charge on any atom is 0.282 e. The molecular formula is C24H27F2N5O3S. The molecule has 1 aromatic carbocycles. The van der Waals surface area contributed by atoms with Gasteiger partial charge in [0, 0.05) is 25.2 Å². The highest BCUT2D eigenvalue weighted by Crippen LogP contribution is 2.31. The van der Waals surface area contributed by atoms with Crippen LogP contribution < -0.4 is 5.32 Å². The average molecular weight is 504 g/mol. The van der Waals surface area contributed by atoms with Gasteiger partial charge >= 0.3 is 0 Å². The second-order valence-corrected chi connectivity index (χ2v) is 9.54. The van der Waals surface area contributed by atoms with Gasteiger partial charge in [-0.25, -0.2) is 13.8 Å². The summed E-state index contributed by atoms with van der Waals surface area (Å²) in [4.78, 5) is 32.6. The number of hydrogen-bond donors (Lipinski definition) is 2. The summed E-state index contributed by atoms with van der Waals surface area (Å²) in [5, 5.41) is 17.7. The lowest BCUT2D eigenvalue weighted by Crippen LogP contribution is -2.58. The molecule has 35 heavy (non-hydrogen) atoms. The van der Waals surface area contributed by atoms with Crippen molar-refractivity contribution >= 4 is 23.2 Å². The second kappa shape index (κ2) is 9.82. The molecule has 0 saturated carbocycles. The predicted molar refractivity (Wildman–Crippen MR) is 127 cm³/mol. The molecule has 186 valence electrons. The molecule has 2 aromatic heterocycles. The van der Waals surface area contributed by atoms with Crippen molar-refractivity contribution in [1.82, 2.24) is 25.0 Å². The van der Waals surface area contributed by atoms with E-state index in [1.807, 2.05) is 31.2 Å². The topological polar surface area (TPSA) is 100 Å². The number of amides is 2. The molecule has 1 unspecified atom stereocenters. The van der Waals surface area contributed by atoms with Gasteiger partial charge in [0.15, 0.2) is 0 Å². The van der Waals surface area contributed by atoms with Crippen molar-refractivity contribution in [2.24, 2.45) is 0 Å². The van der Waals surface area contributed by atoms with E-state index in [0.717, 1.165) is 26.6 Å². The fourth-order valence-electron chi connectivity index (χ4n) is 4.35. The van der Waals surface area contributed by atoms with Crippen LogP contribution in [-0.2, 0) is 16.1 Å². The third-order valence-electron chi connectivity index (χ3n) is 6.29. The summed E-state index contributed by atoms with van der Waals surface area (Å²) in [6, 6.07) is 7.94. The van der Waals surface area contributed by atoms with Crippen LogP contribution in [0.15, 0.2) is 35.8 Å². The molecule has 3 aromatic rings. The lowest BCUT2D eigenvalue weighted by atomic mass is 10.1. The van der Waals surface area contributed by atoms with Crippen molar-refractivity contribution in [3.8, 4) is 10.4 Å². The predicted octanol–water partition coefficient (Wildman–Crippen LogP) is 3.75. The highest BCUT2D eigenvalue weighted by atomic mass is 32.1. The number of benzene rings is 1. The first-order valence-electron chi connectivity index (χ1n) is 11.3. The first-order valence-corrected chi connectivity index (χ1v) is 12.2. The molecule has 0 radical (unpaired) electrons. The van der Waals surface area contributed by atoms with Crippen LogP contribution in [0.3, 0.4) is 0 Å². The van der Waals surface area contributed by atoms with Gasteiger partial charge in [0.1, 0.15) is 11.7 Å². The number of carbonyl (C=O) groups excluding carboxylic acids is 2. The summed E-state index contributed by atoms with van der Waals surface area (Å²) in [7, 11) is 0. The Bertz CT molecular complexity index is 1230. The highest BCUT2D eigenvalue weighted by Gasteiger charge is 2.49. The largest absolute Gasteiger partial charge is 0.363 e. The number of nitrogens with one attached hydrogen (secondary N) is 1. The Morgan fingerprint density at radius 3 is 2.57 bits per heavy atom. The molecule has 0 aliphatic carbocycles. The maximum absolute atomic E-state index is 13.2. The molecule has 1 fully saturated rings. The zero-order valence-corrected chi connectivity index (χ0v) is 20.5. The standard InChI is InChI=1S/C24H27F2N5O3S/c1-14-11-19(21(25)26)29-31(14)16(3)22(32)30-10-4-9-24(30,34)23(33)27-12-17-5-7-18(8-6-17)20-15(2)28-13-35-20/h5-8,11,13,16,21,34H,4,9-10,12H2,1-3H3,(H,27,33)/t16?,24-/m0/s1. The van der Waals surface area contributed by atoms with Crippen molar-refractivity contribution in [2.45, 2.75) is 58.3 Å². The van der Waals surface area contributed by atoms with Crippen molar-refractivity contribution in [1.29, 1.82) is 0 Å². The number of thiazole rings is 1. The molecular weight excluding hydrogens is 476 g/mol. The molecule has 8 nitrogen and oxygen atoms in total. The van der Waals surface area contributed by atoms with Crippen LogP contribution in [0.5, 0.6) is 0 Å². The monoisotopic (exact) mass is 503 g/mol. The van der Waals surface area contributed by atoms with Gasteiger partial charge in [-0.1, -0.05) is 24.3 Å². The minimum atomic E-state index is -2.76. The molecule has 0 spiro atoms. The van der Waals surface area contributed by atoms with E-state index in [4.69, 9.17) is 0 Å². The summed E-state index contributed by atoms with van der Waals surface area (Å²) in [6.45, 7) is 5.39. The molecule has 1 aliphatic heterocycles. The first kappa shape index (κ1) is 24.9. The molecule has 11 heteroatoms. The Kier molecular flexibility index (Phi) is 7.00. The van der Waals surface area contributed by atoms with Crippen molar-refractivity contribution < 1.29 is 23.5 Å². The van der Waals surface area contributed by atoms with Gasteiger partial charge < -0.3 is 15.3 Å². The van der Waals surface area contributed by atoms with Crippen LogP contribution in [0.1, 0.15) is 54.9 Å². The van der Waals surface area contributed by atoms with Crippen LogP contribution in [0, 0.1) is 13.8 Å². The molecule has 1 aliphatic rings. The van der Waals surface area contributed by atoms with E-state index >= 15 is 0 Å². The number of nitrogens with zero attached hydrogens (tertiary/aromatic N) is 4. The molecule has 2 atom stereocenters. The fraction of sp³-hybridized carbons (Fsp3) is 0.417. The SMILES string of the molecule is Cc1ncsc1-c1ccc(CNC(=O)[C@@]2(O)CCCN2C(=O)C(C)n2nc(C(F)F)cc2C)cc1. The summed E-state index contributed by atoms with van der Waals surface area (Å²) >= 11 is 1.56. The van der Waals surface area contributed by atoms with E-state index < -0.39 is 35.7 Å². The number of aromatic nitrogens is 3. The number of rotatable bonds is 7. The van der Waals surface area contributed by atoms with Crippen molar-refractivity contribution in [3.63, 3.8) is 0 Å². The van der Waals surface area contributed by atoms with Gasteiger partial charge in [0.25, 0.3) is 12.3 Å². The summed E-state index contributed by atoms with van der Waals surface area (Å²) < 4.78 is 27.2. The van der Waals surface area contributed by atoms with E-state index in [2.05, 4.69) is 15.4 Å². The Morgan fingerprint density at radius 2 is 1.97 bits per heavy atom. The number of likely N-dealkylation sites (tertiary alicyclic amines) is 1. The quantitative estimate of drug-likeness (QED) is 0.512. The number of carbonyl (C=O) groups is 2. The number of hydrogen-bond acceptors (Lipinski definition) is 6. The van der Waals surface area contributed by atoms with Crippen LogP contribution in [-0.4, -0.2) is 48.9 Å². The van der Waals surface area contributed by atoms with Gasteiger partial charge in [-0.15, -0.1) is 11.3 Å². The lowest BCUT2D eigenvalue weighted by Gasteiger charge is -2.34. The fourth-order valence-corrected chi connectivity index (χ4v) is 5.16. The molecule has 2 N–H and O–H groups in total. The Morgan fingerprint density at radius 1 is 1.26 bits per heavy atom. The lowest BCUT2D eigenvalue weighted by molar-refractivity contribution is -0.170. The van der Waals surface area contributed by atoms with E-state index in [0.29, 0.717) is 12.1 Å². The third-order valence-corrected chi connectivity index (χ3v) is 7.26. The minimum Gasteiger partial charge on any atom is -0.363 e. The third kappa shape index (κ3) is 4.83. The molecule has 1 saturated heterocycles. The minimum absolute atomic E-state index is 0.0846. The van der Waals surface area contributed by atoms with Crippen molar-refractivity contribution in [3.05, 3.63) is 58.5 Å². The Balaban J connectivity index is 1.43. The molecule has 3 heterocycles. The highest BCUT2D eigenvalue weighted by molar-refractivity contribution is 7.13. The second-order valence-electron chi connectivity index (χ2n) is 8.69. The number of alkyl halides is 2. The van der Waals surface area contributed by atoms with Crippen LogP contribution in [0.4, 0.5) is 8.78 Å². The zero-order valence-electron chi connectivity index (χ0n) is 19.7. The van der Waals surface area contributed by atoms with Gasteiger partial charge in [-0.05, 0) is 44.4 Å². The first-order chi connectivity index (χ1) is 16.6. The van der Waals surface area contributed by atoms with E-state index in [1.54, 1.807) is 23.8 Å². The number of halogens is 2. The van der Waals surface area contributed by atoms with E-state index in [1.165, 1.54) is 17.7 Å². The maximum atomic E-state index is 13.2. The Hall–Kier alpha value is -3.18. The zero-order chi connectivity index (χ0) is 25.3. The van der Waals surface area contributed by atoms with Gasteiger partial charge in [-0.3, -0.25) is 14.3 Å². The average Bonchev–Trinajstić information content (AvgIpc) is 3.55. The summed E-state index contributed by atoms with van der Waals surface area (Å²) in [5.41, 5.74) is 2.57. The van der Waals surface area contributed by atoms with Gasteiger partial charge in [-0.2, -0.15) is 5.10 Å². The van der Waals surface area contributed by atoms with Gasteiger partial charge in [0.2, 0.25) is 11.6 Å². The molecule has 4 rings (SSSR count). The summed E-state index contributed by atoms with van der Waals surface area (Å²) in [6.07, 6.45) is -2.24. The van der Waals surface area contributed by atoms with E-state index in [-0.39, 0.29) is 19.5 Å². The van der Waals surface area contributed by atoms with Crippen LogP contribution >= 0.6 is 11.3 Å². The summed E-state index contributed by atoms with van der Waals surface area (Å²) in [5.74, 6) is -1.24. The Labute approximate surface area is 205 Å². The smallest absolute Gasteiger partial charge is 0.282 e. The van der Waals surface area contributed by atoms with Crippen LogP contribution in [0.25, 0.3) is 10.4 Å². The number of aliphatic hydroxyl groups is 1. The molecule has 0 bridgehead atoms.